The van der Waals surface area contributed by atoms with Gasteiger partial charge < -0.3 is 9.84 Å². The number of benzene rings is 2. The van der Waals surface area contributed by atoms with Crippen LogP contribution in [0, 0.1) is 12.3 Å². The summed E-state index contributed by atoms with van der Waals surface area (Å²) in [5.41, 5.74) is 6.55. The third kappa shape index (κ3) is 5.01. The Morgan fingerprint density at radius 3 is 2.61 bits per heavy atom. The van der Waals surface area contributed by atoms with Crippen LogP contribution >= 0.6 is 0 Å². The Balaban J connectivity index is 1.73. The first-order chi connectivity index (χ1) is 13.7. The highest BCUT2D eigenvalue weighted by atomic mass is 16.4. The Labute approximate surface area is 164 Å². The minimum atomic E-state index is 0.378. The number of rotatable bonds is 8. The summed E-state index contributed by atoms with van der Waals surface area (Å²) >= 11 is 0. The molecule has 2 N–H and O–H groups in total. The Bertz CT molecular complexity index is 989. The number of hydrogen-bond acceptors (Lipinski definition) is 6. The number of hydrogen-bond donors (Lipinski definition) is 2. The molecule has 0 amide bonds. The highest BCUT2D eigenvalue weighted by molar-refractivity contribution is 6.52. The van der Waals surface area contributed by atoms with Crippen molar-refractivity contribution in [2.75, 3.05) is 7.05 Å². The van der Waals surface area contributed by atoms with Crippen LogP contribution in [0.2, 0.25) is 0 Å². The van der Waals surface area contributed by atoms with Crippen molar-refractivity contribution in [2.24, 2.45) is 5.10 Å². The van der Waals surface area contributed by atoms with E-state index < -0.39 is 0 Å². The maximum absolute atomic E-state index is 8.55. The third-order valence-electron chi connectivity index (χ3n) is 4.09. The van der Waals surface area contributed by atoms with Gasteiger partial charge in [-0.15, -0.1) is 10.2 Å². The van der Waals surface area contributed by atoms with Crippen LogP contribution in [0.4, 0.5) is 0 Å². The van der Waals surface area contributed by atoms with Gasteiger partial charge in [-0.3, -0.25) is 5.41 Å². The van der Waals surface area contributed by atoms with E-state index in [0.717, 1.165) is 23.1 Å². The molecular weight excluding hydrogens is 350 g/mol. The number of nitrogens with zero attached hydrogens (tertiary/aromatic N) is 3. The Hall–Kier alpha value is -3.54. The smallest absolute Gasteiger partial charge is 0.216 e. The van der Waals surface area contributed by atoms with E-state index in [1.807, 2.05) is 54.6 Å². The second-order valence-electron chi connectivity index (χ2n) is 6.21. The summed E-state index contributed by atoms with van der Waals surface area (Å²) in [6.07, 6.45) is 5.65. The molecule has 1 heterocycles. The molecule has 0 unspecified atom stereocenters. The van der Waals surface area contributed by atoms with E-state index in [2.05, 4.69) is 32.9 Å². The van der Waals surface area contributed by atoms with Crippen LogP contribution in [-0.4, -0.2) is 28.7 Å². The zero-order chi connectivity index (χ0) is 19.8. The van der Waals surface area contributed by atoms with Crippen LogP contribution in [0.15, 0.2) is 70.2 Å². The van der Waals surface area contributed by atoms with Gasteiger partial charge in [0.2, 0.25) is 11.8 Å². The van der Waals surface area contributed by atoms with E-state index in [0.29, 0.717) is 29.6 Å². The first kappa shape index (κ1) is 19.2. The number of aromatic nitrogens is 2. The Kier molecular flexibility index (Phi) is 6.46. The molecule has 0 radical (unpaired) electrons. The molecule has 0 aliphatic rings. The fraction of sp³-hybridized carbons (Fsp3) is 0.182. The van der Waals surface area contributed by atoms with Crippen molar-refractivity contribution in [3.05, 3.63) is 89.1 Å². The molecule has 1 aromatic heterocycles. The fourth-order valence-electron chi connectivity index (χ4n) is 2.77. The van der Waals surface area contributed by atoms with Gasteiger partial charge in [0.1, 0.15) is 5.71 Å². The van der Waals surface area contributed by atoms with Crippen molar-refractivity contribution in [3.8, 4) is 0 Å². The second-order valence-corrected chi connectivity index (χ2v) is 6.21. The maximum Gasteiger partial charge on any atom is 0.216 e. The number of hydrazone groups is 1. The summed E-state index contributed by atoms with van der Waals surface area (Å²) in [6, 6.07) is 17.6. The topological polar surface area (TPSA) is 87.2 Å². The molecule has 142 valence electrons. The van der Waals surface area contributed by atoms with E-state index in [9.17, 15) is 0 Å². The van der Waals surface area contributed by atoms with E-state index >= 15 is 0 Å². The highest BCUT2D eigenvalue weighted by Crippen LogP contribution is 2.13. The quantitative estimate of drug-likeness (QED) is 0.461. The van der Waals surface area contributed by atoms with Crippen molar-refractivity contribution in [2.45, 2.75) is 19.8 Å². The lowest BCUT2D eigenvalue weighted by Crippen LogP contribution is -2.19. The lowest BCUT2D eigenvalue weighted by Gasteiger charge is -2.09. The predicted molar refractivity (Wildman–Crippen MR) is 112 cm³/mol. The molecule has 3 aromatic rings. The van der Waals surface area contributed by atoms with Crippen LogP contribution in [0.1, 0.15) is 34.9 Å². The van der Waals surface area contributed by atoms with Crippen molar-refractivity contribution in [1.82, 2.24) is 15.6 Å². The fourth-order valence-corrected chi connectivity index (χ4v) is 2.77. The molecule has 3 rings (SSSR count). The summed E-state index contributed by atoms with van der Waals surface area (Å²) in [6.45, 7) is 1.79. The van der Waals surface area contributed by atoms with Gasteiger partial charge in [0.15, 0.2) is 0 Å². The average molecular weight is 373 g/mol. The molecule has 6 heteroatoms. The normalized spacial score (nSPS) is 11.7. The van der Waals surface area contributed by atoms with Crippen LogP contribution in [0.3, 0.4) is 0 Å². The van der Waals surface area contributed by atoms with Gasteiger partial charge in [0.25, 0.3) is 0 Å². The van der Waals surface area contributed by atoms with E-state index in [1.165, 1.54) is 0 Å². The molecule has 0 spiro atoms. The molecule has 28 heavy (non-hydrogen) atoms. The average Bonchev–Trinajstić information content (AvgIpc) is 3.15. The monoisotopic (exact) mass is 373 g/mol. The van der Waals surface area contributed by atoms with Gasteiger partial charge in [-0.25, -0.2) is 0 Å². The van der Waals surface area contributed by atoms with Gasteiger partial charge in [-0.05, 0) is 18.1 Å². The molecule has 2 aromatic carbocycles. The first-order valence-electron chi connectivity index (χ1n) is 9.12. The van der Waals surface area contributed by atoms with Crippen LogP contribution in [-0.2, 0) is 6.42 Å². The Morgan fingerprint density at radius 2 is 1.89 bits per heavy atom. The number of aryl methyl sites for hydroxylation is 2. The molecule has 0 aliphatic heterocycles. The lowest BCUT2D eigenvalue weighted by molar-refractivity contribution is 0.468. The van der Waals surface area contributed by atoms with Gasteiger partial charge in [0.05, 0.1) is 5.71 Å². The summed E-state index contributed by atoms with van der Waals surface area (Å²) < 4.78 is 5.38. The standard InChI is InChI=1S/C22H23N5O/c1-16-25-26-20(28-16)14-7-6-9-17-10-8-13-19(15-17)22(27-24-2)21(23)18-11-4-3-5-12-18/h3-6,8-13,15,23-24H,7,14H2,1-2H3/b9-6+,23-21?,27-22-. The summed E-state index contributed by atoms with van der Waals surface area (Å²) in [5, 5.41) is 20.7. The Morgan fingerprint density at radius 1 is 1.11 bits per heavy atom. The SMILES string of the molecule is CN/N=C(\C(=N)c1ccccc1)c1cccc(/C=C/CCc2nnc(C)o2)c1. The van der Waals surface area contributed by atoms with Gasteiger partial charge >= 0.3 is 0 Å². The van der Waals surface area contributed by atoms with Crippen molar-refractivity contribution in [1.29, 1.82) is 5.41 Å². The summed E-state index contributed by atoms with van der Waals surface area (Å²) in [5.74, 6) is 1.24. The third-order valence-corrected chi connectivity index (χ3v) is 4.09. The number of allylic oxidation sites excluding steroid dienone is 1. The zero-order valence-electron chi connectivity index (χ0n) is 16.0. The number of nitrogens with one attached hydrogen (secondary N) is 2. The van der Waals surface area contributed by atoms with Crippen molar-refractivity contribution < 1.29 is 4.42 Å². The van der Waals surface area contributed by atoms with Crippen molar-refractivity contribution in [3.63, 3.8) is 0 Å². The van der Waals surface area contributed by atoms with Crippen LogP contribution in [0.5, 0.6) is 0 Å². The molecule has 0 aliphatic carbocycles. The molecule has 0 saturated heterocycles. The van der Waals surface area contributed by atoms with E-state index in [-0.39, 0.29) is 0 Å². The predicted octanol–water partition coefficient (Wildman–Crippen LogP) is 4.02. The zero-order valence-corrected chi connectivity index (χ0v) is 16.0. The first-order valence-corrected chi connectivity index (χ1v) is 9.12. The highest BCUT2D eigenvalue weighted by Gasteiger charge is 2.12. The largest absolute Gasteiger partial charge is 0.426 e. The van der Waals surface area contributed by atoms with Crippen LogP contribution < -0.4 is 5.43 Å². The van der Waals surface area contributed by atoms with Crippen molar-refractivity contribution >= 4 is 17.5 Å². The lowest BCUT2D eigenvalue weighted by atomic mass is 9.98. The summed E-state index contributed by atoms with van der Waals surface area (Å²) in [4.78, 5) is 0. The molecule has 6 nitrogen and oxygen atoms in total. The van der Waals surface area contributed by atoms with Gasteiger partial charge in [0, 0.05) is 31.5 Å². The van der Waals surface area contributed by atoms with E-state index in [1.54, 1.807) is 14.0 Å². The van der Waals surface area contributed by atoms with Crippen LogP contribution in [0.25, 0.3) is 6.08 Å². The molecule has 0 fully saturated rings. The maximum atomic E-state index is 8.55. The van der Waals surface area contributed by atoms with Gasteiger partial charge in [-0.1, -0.05) is 60.7 Å². The van der Waals surface area contributed by atoms with Gasteiger partial charge in [-0.2, -0.15) is 5.10 Å². The minimum absolute atomic E-state index is 0.378. The molecule has 0 bridgehead atoms. The van der Waals surface area contributed by atoms with E-state index in [4.69, 9.17) is 9.83 Å². The minimum Gasteiger partial charge on any atom is -0.426 e. The molecule has 0 saturated carbocycles. The summed E-state index contributed by atoms with van der Waals surface area (Å²) in [7, 11) is 1.74. The molecular formula is C22H23N5O. The second kappa shape index (κ2) is 9.41. The molecule has 0 atom stereocenters.